The van der Waals surface area contributed by atoms with Gasteiger partial charge in [0.15, 0.2) is 0 Å². The van der Waals surface area contributed by atoms with Gasteiger partial charge in [-0.3, -0.25) is 0 Å². The molecule has 0 rings (SSSR count). The molecule has 62 valence electrons. The quantitative estimate of drug-likeness (QED) is 0.623. The molecule has 0 aromatic rings. The highest BCUT2D eigenvalue weighted by molar-refractivity contribution is 5.28. The van der Waals surface area contributed by atoms with Crippen LogP contribution in [0.1, 0.15) is 20.3 Å². The molecule has 2 N–H and O–H groups in total. The minimum atomic E-state index is -0.318. The molecule has 0 fully saturated rings. The molecule has 0 aliphatic carbocycles. The second-order valence-electron chi connectivity index (χ2n) is 2.38. The molecule has 0 saturated carbocycles. The first kappa shape index (κ1) is 9.95. The maximum absolute atomic E-state index is 12.6. The van der Waals surface area contributed by atoms with Crippen molar-refractivity contribution in [1.82, 2.24) is 0 Å². The number of allylic oxidation sites excluding steroid dienone is 4. The van der Waals surface area contributed by atoms with Gasteiger partial charge in [-0.25, -0.2) is 4.39 Å². The van der Waals surface area contributed by atoms with Crippen molar-refractivity contribution in [2.45, 2.75) is 20.3 Å². The number of hydrogen-bond acceptors (Lipinski definition) is 1. The van der Waals surface area contributed by atoms with Gasteiger partial charge in [0, 0.05) is 12.6 Å². The third-order valence-electron chi connectivity index (χ3n) is 1.44. The maximum atomic E-state index is 12.6. The van der Waals surface area contributed by atoms with Crippen molar-refractivity contribution in [3.63, 3.8) is 0 Å². The minimum Gasteiger partial charge on any atom is -0.403 e. The van der Waals surface area contributed by atoms with Crippen LogP contribution in [0.3, 0.4) is 0 Å². The van der Waals surface area contributed by atoms with Gasteiger partial charge >= 0.3 is 0 Å². The molecule has 1 nitrogen and oxygen atoms in total. The fourth-order valence-corrected chi connectivity index (χ4v) is 0.740. The highest BCUT2D eigenvalue weighted by atomic mass is 19.1. The smallest absolute Gasteiger partial charge is 0.120 e. The summed E-state index contributed by atoms with van der Waals surface area (Å²) in [5, 5.41) is 0. The van der Waals surface area contributed by atoms with Crippen LogP contribution in [0.5, 0.6) is 0 Å². The Morgan fingerprint density at radius 2 is 2.18 bits per heavy atom. The lowest BCUT2D eigenvalue weighted by Gasteiger charge is -2.02. The van der Waals surface area contributed by atoms with Crippen molar-refractivity contribution >= 4 is 0 Å². The van der Waals surface area contributed by atoms with Gasteiger partial charge in [-0.2, -0.15) is 0 Å². The zero-order valence-corrected chi connectivity index (χ0v) is 7.02. The Balaban J connectivity index is 4.23. The molecule has 0 saturated heterocycles. The lowest BCUT2D eigenvalue weighted by molar-refractivity contribution is 0.608. The van der Waals surface area contributed by atoms with E-state index in [4.69, 9.17) is 5.73 Å². The summed E-state index contributed by atoms with van der Waals surface area (Å²) in [6.45, 7) is 7.41. The first-order valence-electron chi connectivity index (χ1n) is 3.49. The maximum Gasteiger partial charge on any atom is 0.120 e. The van der Waals surface area contributed by atoms with Crippen LogP contribution in [0.2, 0.25) is 0 Å². The average Bonchev–Trinajstić information content (AvgIpc) is 1.99. The Labute approximate surface area is 67.1 Å². The molecule has 0 heterocycles. The van der Waals surface area contributed by atoms with E-state index < -0.39 is 0 Å². The first-order valence-corrected chi connectivity index (χ1v) is 3.49. The van der Waals surface area contributed by atoms with E-state index in [1.807, 2.05) is 19.9 Å². The van der Waals surface area contributed by atoms with Gasteiger partial charge in [0.2, 0.25) is 0 Å². The summed E-state index contributed by atoms with van der Waals surface area (Å²) in [6.07, 6.45) is 3.07. The number of nitrogens with two attached hydrogens (primary N) is 1. The molecule has 0 aliphatic heterocycles. The second-order valence-corrected chi connectivity index (χ2v) is 2.38. The topological polar surface area (TPSA) is 26.0 Å². The Bertz CT molecular complexity index is 202. The monoisotopic (exact) mass is 155 g/mol. The van der Waals surface area contributed by atoms with Crippen molar-refractivity contribution in [2.75, 3.05) is 0 Å². The summed E-state index contributed by atoms with van der Waals surface area (Å²) >= 11 is 0. The molecule has 0 amide bonds. The van der Waals surface area contributed by atoms with Gasteiger partial charge in [-0.05, 0) is 19.4 Å². The Morgan fingerprint density at radius 1 is 1.64 bits per heavy atom. The molecule has 0 radical (unpaired) electrons. The fraction of sp³-hybridized carbons (Fsp3) is 0.333. The van der Waals surface area contributed by atoms with Crippen molar-refractivity contribution in [3.05, 3.63) is 35.8 Å². The van der Waals surface area contributed by atoms with E-state index in [9.17, 15) is 4.39 Å². The molecule has 0 bridgehead atoms. The van der Waals surface area contributed by atoms with Crippen LogP contribution in [0.4, 0.5) is 4.39 Å². The third kappa shape index (κ3) is 3.61. The van der Waals surface area contributed by atoms with Crippen LogP contribution in [0, 0.1) is 0 Å². The van der Waals surface area contributed by atoms with Crippen molar-refractivity contribution < 1.29 is 4.39 Å². The Morgan fingerprint density at radius 3 is 2.45 bits per heavy atom. The number of halogens is 1. The van der Waals surface area contributed by atoms with E-state index >= 15 is 0 Å². The molecule has 11 heavy (non-hydrogen) atoms. The zero-order valence-electron chi connectivity index (χ0n) is 7.02. The van der Waals surface area contributed by atoms with E-state index in [1.54, 1.807) is 0 Å². The van der Waals surface area contributed by atoms with E-state index in [0.717, 1.165) is 17.3 Å². The van der Waals surface area contributed by atoms with Crippen LogP contribution < -0.4 is 5.73 Å². The van der Waals surface area contributed by atoms with Crippen LogP contribution >= 0.6 is 0 Å². The first-order chi connectivity index (χ1) is 5.11. The van der Waals surface area contributed by atoms with Gasteiger partial charge in [0.1, 0.15) is 5.83 Å². The summed E-state index contributed by atoms with van der Waals surface area (Å²) in [7, 11) is 0. The second kappa shape index (κ2) is 4.72. The van der Waals surface area contributed by atoms with Gasteiger partial charge in [0.25, 0.3) is 0 Å². The molecule has 2 heteroatoms. The van der Waals surface area contributed by atoms with E-state index in [2.05, 4.69) is 6.58 Å². The van der Waals surface area contributed by atoms with Gasteiger partial charge < -0.3 is 5.73 Å². The fourth-order valence-electron chi connectivity index (χ4n) is 0.740. The Hall–Kier alpha value is -1.05. The van der Waals surface area contributed by atoms with Crippen LogP contribution in [0.15, 0.2) is 35.8 Å². The highest BCUT2D eigenvalue weighted by Gasteiger charge is 1.99. The van der Waals surface area contributed by atoms with Crippen LogP contribution in [-0.4, -0.2) is 0 Å². The van der Waals surface area contributed by atoms with Gasteiger partial charge in [-0.15, -0.1) is 0 Å². The molecule has 0 aromatic carbocycles. The number of rotatable bonds is 3. The standard InChI is InChI=1S/C9H14FN/c1-4-8(7(2)3)5-9(10)6-11/h4,6H,2,5,11H2,1,3H3/b8-4+,9-6+. The third-order valence-corrected chi connectivity index (χ3v) is 1.44. The lowest BCUT2D eigenvalue weighted by atomic mass is 10.1. The van der Waals surface area contributed by atoms with Crippen molar-refractivity contribution in [2.24, 2.45) is 5.73 Å². The number of hydrogen-bond donors (Lipinski definition) is 1. The van der Waals surface area contributed by atoms with Gasteiger partial charge in [0.05, 0.1) is 0 Å². The summed E-state index contributed by atoms with van der Waals surface area (Å²) in [5.74, 6) is -0.318. The zero-order chi connectivity index (χ0) is 8.85. The summed E-state index contributed by atoms with van der Waals surface area (Å²) in [4.78, 5) is 0. The largest absolute Gasteiger partial charge is 0.403 e. The van der Waals surface area contributed by atoms with Crippen molar-refractivity contribution in [1.29, 1.82) is 0 Å². The van der Waals surface area contributed by atoms with Gasteiger partial charge in [-0.1, -0.05) is 18.2 Å². The molecule has 0 aliphatic rings. The molecular weight excluding hydrogens is 141 g/mol. The molecule has 0 aromatic heterocycles. The molecule has 0 atom stereocenters. The highest BCUT2D eigenvalue weighted by Crippen LogP contribution is 2.17. The van der Waals surface area contributed by atoms with Crippen LogP contribution in [0.25, 0.3) is 0 Å². The predicted molar refractivity (Wildman–Crippen MR) is 46.6 cm³/mol. The summed E-state index contributed by atoms with van der Waals surface area (Å²) in [6, 6.07) is 0. The lowest BCUT2D eigenvalue weighted by Crippen LogP contribution is -1.88. The minimum absolute atomic E-state index is 0.252. The molecular formula is C9H14FN. The average molecular weight is 155 g/mol. The van der Waals surface area contributed by atoms with Crippen molar-refractivity contribution in [3.8, 4) is 0 Å². The van der Waals surface area contributed by atoms with E-state index in [0.29, 0.717) is 0 Å². The summed E-state index contributed by atoms with van der Waals surface area (Å²) < 4.78 is 12.6. The normalized spacial score (nSPS) is 13.4. The SMILES string of the molecule is C=C(C)/C(=C/C)C/C(F)=C\N. The molecule has 0 unspecified atom stereocenters. The summed E-state index contributed by atoms with van der Waals surface area (Å²) in [5.41, 5.74) is 6.75. The van der Waals surface area contributed by atoms with E-state index in [1.165, 1.54) is 0 Å². The molecule has 0 spiro atoms. The van der Waals surface area contributed by atoms with E-state index in [-0.39, 0.29) is 12.2 Å². The predicted octanol–water partition coefficient (Wildman–Crippen LogP) is 2.67. The Kier molecular flexibility index (Phi) is 4.27. The van der Waals surface area contributed by atoms with Crippen LogP contribution in [-0.2, 0) is 0 Å².